The summed E-state index contributed by atoms with van der Waals surface area (Å²) in [6, 6.07) is 0. The van der Waals surface area contributed by atoms with E-state index in [-0.39, 0.29) is 0 Å². The molecule has 0 aromatic rings. The van der Waals surface area contributed by atoms with Gasteiger partial charge in [0.1, 0.15) is 0 Å². The van der Waals surface area contributed by atoms with Gasteiger partial charge in [0.15, 0.2) is 0 Å². The Morgan fingerprint density at radius 3 is 1.59 bits per heavy atom. The molecule has 22 heavy (non-hydrogen) atoms. The fraction of sp³-hybridized carbons (Fsp3) is 0.950. The van der Waals surface area contributed by atoms with Crippen molar-refractivity contribution in [3.05, 3.63) is 0 Å². The van der Waals surface area contributed by atoms with Gasteiger partial charge in [-0.1, -0.05) is 0 Å². The SMILES string of the molecule is CCCCCCCCCCC(=O)C[Te+](CCCC)CCCC. The Morgan fingerprint density at radius 1 is 0.636 bits per heavy atom. The van der Waals surface area contributed by atoms with Gasteiger partial charge in [-0.3, -0.25) is 0 Å². The van der Waals surface area contributed by atoms with Gasteiger partial charge in [-0.15, -0.1) is 0 Å². The van der Waals surface area contributed by atoms with Crippen molar-refractivity contribution in [2.75, 3.05) is 0 Å². The summed E-state index contributed by atoms with van der Waals surface area (Å²) in [4.78, 5) is 12.2. The molecule has 132 valence electrons. The third kappa shape index (κ3) is 15.4. The summed E-state index contributed by atoms with van der Waals surface area (Å²) in [7, 11) is 0. The van der Waals surface area contributed by atoms with Crippen molar-refractivity contribution in [3.8, 4) is 0 Å². The van der Waals surface area contributed by atoms with Gasteiger partial charge in [0.2, 0.25) is 0 Å². The molecule has 0 aromatic heterocycles. The molecule has 0 saturated carbocycles. The van der Waals surface area contributed by atoms with Crippen molar-refractivity contribution in [2.45, 2.75) is 118 Å². The van der Waals surface area contributed by atoms with Gasteiger partial charge < -0.3 is 0 Å². The third-order valence-electron chi connectivity index (χ3n) is 4.25. The second-order valence-corrected chi connectivity index (χ2v) is 13.3. The molecule has 0 aliphatic carbocycles. The molecule has 0 atom stereocenters. The summed E-state index contributed by atoms with van der Waals surface area (Å²) in [5.41, 5.74) is 0. The van der Waals surface area contributed by atoms with Gasteiger partial charge >= 0.3 is 148 Å². The molecule has 0 spiro atoms. The molecule has 0 unspecified atom stereocenters. The van der Waals surface area contributed by atoms with E-state index in [0.717, 1.165) is 17.3 Å². The van der Waals surface area contributed by atoms with Gasteiger partial charge in [-0.25, -0.2) is 0 Å². The van der Waals surface area contributed by atoms with Crippen molar-refractivity contribution >= 4 is 25.3 Å². The molecule has 0 aromatic carbocycles. The number of Topliss-reactive ketones (excluding diaryl/α,β-unsaturated/α-hetero) is 1. The number of unbranched alkanes of at least 4 members (excludes halogenated alkanes) is 9. The van der Waals surface area contributed by atoms with Crippen LogP contribution in [0.15, 0.2) is 0 Å². The Hall–Kier alpha value is 0.460. The van der Waals surface area contributed by atoms with Crippen molar-refractivity contribution in [2.24, 2.45) is 0 Å². The van der Waals surface area contributed by atoms with E-state index in [1.807, 2.05) is 0 Å². The zero-order valence-electron chi connectivity index (χ0n) is 15.6. The number of hydrogen-bond acceptors (Lipinski definition) is 1. The Balaban J connectivity index is 3.62. The molecule has 0 aliphatic heterocycles. The molecule has 0 amide bonds. The van der Waals surface area contributed by atoms with E-state index in [4.69, 9.17) is 0 Å². The summed E-state index contributed by atoms with van der Waals surface area (Å²) in [6.45, 7) is 6.82. The fourth-order valence-corrected chi connectivity index (χ4v) is 9.80. The number of hydrogen-bond donors (Lipinski definition) is 0. The minimum atomic E-state index is -1.07. The first kappa shape index (κ1) is 22.5. The van der Waals surface area contributed by atoms with Gasteiger partial charge in [0, 0.05) is 0 Å². The second-order valence-electron chi connectivity index (χ2n) is 6.64. The molecule has 0 radical (unpaired) electrons. The quantitative estimate of drug-likeness (QED) is 0.178. The molecule has 2 heteroatoms. The van der Waals surface area contributed by atoms with Crippen LogP contribution in [0.25, 0.3) is 0 Å². The first-order valence-electron chi connectivity index (χ1n) is 9.90. The van der Waals surface area contributed by atoms with E-state index in [0.29, 0.717) is 5.78 Å². The standard InChI is InChI=1S/C20H41OTe/c1-4-7-10-11-12-13-14-15-16-20(21)19-22(17-8-5-2)18-9-6-3/h4-19H2,1-3H3/q+1. The van der Waals surface area contributed by atoms with Crippen molar-refractivity contribution in [1.82, 2.24) is 0 Å². The summed E-state index contributed by atoms with van der Waals surface area (Å²) in [5.74, 6) is 0.606. The molecule has 0 rings (SSSR count). The maximum absolute atomic E-state index is 12.2. The van der Waals surface area contributed by atoms with Gasteiger partial charge in [-0.05, 0) is 0 Å². The molecular weight excluding hydrogens is 384 g/mol. The monoisotopic (exact) mass is 427 g/mol. The van der Waals surface area contributed by atoms with E-state index < -0.39 is 19.6 Å². The summed E-state index contributed by atoms with van der Waals surface area (Å²) >= 11 is -1.07. The van der Waals surface area contributed by atoms with Crippen LogP contribution in [0.5, 0.6) is 0 Å². The van der Waals surface area contributed by atoms with Crippen LogP contribution in [-0.2, 0) is 4.79 Å². The number of ketones is 1. The molecule has 0 saturated heterocycles. The number of rotatable bonds is 17. The molecule has 0 bridgehead atoms. The summed E-state index contributed by atoms with van der Waals surface area (Å²) in [5, 5.41) is 0. The molecule has 0 heterocycles. The van der Waals surface area contributed by atoms with E-state index in [9.17, 15) is 4.79 Å². The molecule has 0 aliphatic rings. The average Bonchev–Trinajstić information content (AvgIpc) is 2.52. The number of carbonyl (C=O) groups excluding carboxylic acids is 1. The van der Waals surface area contributed by atoms with Gasteiger partial charge in [0.25, 0.3) is 0 Å². The third-order valence-corrected chi connectivity index (χ3v) is 11.3. The second kappa shape index (κ2) is 17.8. The topological polar surface area (TPSA) is 17.1 Å². The van der Waals surface area contributed by atoms with Crippen LogP contribution in [0.4, 0.5) is 0 Å². The first-order valence-corrected chi connectivity index (χ1v) is 14.8. The summed E-state index contributed by atoms with van der Waals surface area (Å²) in [6.07, 6.45) is 16.9. The zero-order chi connectivity index (χ0) is 16.5. The van der Waals surface area contributed by atoms with Crippen LogP contribution in [-0.4, -0.2) is 25.3 Å². The predicted octanol–water partition coefficient (Wildman–Crippen LogP) is 7.18. The Bertz CT molecular complexity index is 232. The summed E-state index contributed by atoms with van der Waals surface area (Å²) < 4.78 is 3.89. The predicted molar refractivity (Wildman–Crippen MR) is 102 cm³/mol. The maximum atomic E-state index is 12.2. The molecule has 0 fully saturated rings. The van der Waals surface area contributed by atoms with E-state index >= 15 is 0 Å². The van der Waals surface area contributed by atoms with Crippen molar-refractivity contribution in [3.63, 3.8) is 0 Å². The van der Waals surface area contributed by atoms with Crippen LogP contribution in [0.1, 0.15) is 104 Å². The Morgan fingerprint density at radius 2 is 1.09 bits per heavy atom. The van der Waals surface area contributed by atoms with Crippen LogP contribution in [0, 0.1) is 0 Å². The van der Waals surface area contributed by atoms with Crippen LogP contribution in [0.2, 0.25) is 13.4 Å². The molecule has 0 N–H and O–H groups in total. The molecule has 1 nitrogen and oxygen atoms in total. The average molecular weight is 425 g/mol. The Labute approximate surface area is 147 Å². The van der Waals surface area contributed by atoms with E-state index in [1.165, 1.54) is 79.6 Å². The first-order chi connectivity index (χ1) is 10.7. The zero-order valence-corrected chi connectivity index (χ0v) is 18.0. The van der Waals surface area contributed by atoms with E-state index in [1.54, 1.807) is 0 Å². The van der Waals surface area contributed by atoms with Crippen LogP contribution in [0.3, 0.4) is 0 Å². The Kier molecular flexibility index (Phi) is 18.2. The van der Waals surface area contributed by atoms with Gasteiger partial charge in [-0.2, -0.15) is 0 Å². The minimum absolute atomic E-state index is 0.606. The normalized spacial score (nSPS) is 11.3. The van der Waals surface area contributed by atoms with Crippen molar-refractivity contribution in [1.29, 1.82) is 0 Å². The van der Waals surface area contributed by atoms with Crippen LogP contribution >= 0.6 is 0 Å². The number of carbonyl (C=O) groups is 1. The van der Waals surface area contributed by atoms with Crippen LogP contribution < -0.4 is 0 Å². The van der Waals surface area contributed by atoms with E-state index in [2.05, 4.69) is 20.8 Å². The molecular formula is C20H41OTe+. The van der Waals surface area contributed by atoms with Crippen molar-refractivity contribution < 1.29 is 4.79 Å². The van der Waals surface area contributed by atoms with Gasteiger partial charge in [0.05, 0.1) is 0 Å². The fourth-order valence-electron chi connectivity index (χ4n) is 2.70.